The Morgan fingerprint density at radius 3 is 2.58 bits per heavy atom. The van der Waals surface area contributed by atoms with E-state index in [1.165, 1.54) is 0 Å². The van der Waals surface area contributed by atoms with Gasteiger partial charge < -0.3 is 5.11 Å². The van der Waals surface area contributed by atoms with Crippen LogP contribution < -0.4 is 0 Å². The van der Waals surface area contributed by atoms with Crippen LogP contribution in [-0.2, 0) is 0 Å². The minimum Gasteiger partial charge on any atom is -0.477 e. The molecule has 64 valence electrons. The van der Waals surface area contributed by atoms with Crippen molar-refractivity contribution in [2.24, 2.45) is 0 Å². The predicted molar refractivity (Wildman–Crippen MR) is 42.9 cm³/mol. The molecule has 0 aromatic carbocycles. The van der Waals surface area contributed by atoms with Gasteiger partial charge in [-0.1, -0.05) is 22.9 Å². The lowest BCUT2D eigenvalue weighted by molar-refractivity contribution is -0.380. The molecule has 0 radical (unpaired) electrons. The van der Waals surface area contributed by atoms with E-state index in [0.717, 1.165) is 6.07 Å². The highest BCUT2D eigenvalue weighted by atomic mass is 35.5. The van der Waals surface area contributed by atoms with Crippen LogP contribution in [-0.4, -0.2) is 16.0 Å². The van der Waals surface area contributed by atoms with Crippen molar-refractivity contribution in [1.29, 1.82) is 0 Å². The summed E-state index contributed by atoms with van der Waals surface area (Å²) in [6, 6.07) is 1.06. The van der Waals surface area contributed by atoms with Crippen LogP contribution in [0.15, 0.2) is 6.07 Å². The molecule has 1 rings (SSSR count). The van der Waals surface area contributed by atoms with Crippen LogP contribution >= 0.6 is 22.9 Å². The van der Waals surface area contributed by atoms with Crippen LogP contribution in [0.5, 0.6) is 0 Å². The fourth-order valence-corrected chi connectivity index (χ4v) is 1.65. The molecule has 0 aliphatic rings. The van der Waals surface area contributed by atoms with Crippen LogP contribution in [0.4, 0.5) is 5.00 Å². The van der Waals surface area contributed by atoms with Crippen LogP contribution in [0.3, 0.4) is 0 Å². The minimum absolute atomic E-state index is 0.133. The van der Waals surface area contributed by atoms with E-state index in [9.17, 15) is 14.9 Å². The number of rotatable bonds is 2. The van der Waals surface area contributed by atoms with Gasteiger partial charge in [0.25, 0.3) is 0 Å². The molecule has 0 bridgehead atoms. The van der Waals surface area contributed by atoms with Crippen molar-refractivity contribution in [2.75, 3.05) is 0 Å². The topological polar surface area (TPSA) is 80.4 Å². The summed E-state index contributed by atoms with van der Waals surface area (Å²) < 4.78 is 0. The third-order valence-corrected chi connectivity index (χ3v) is 2.52. The lowest BCUT2D eigenvalue weighted by Gasteiger charge is -1.82. The summed E-state index contributed by atoms with van der Waals surface area (Å²) in [5.74, 6) is -1.21. The van der Waals surface area contributed by atoms with Gasteiger partial charge in [0.1, 0.15) is 9.90 Å². The molecule has 0 aliphatic carbocycles. The Morgan fingerprint density at radius 2 is 2.33 bits per heavy atom. The summed E-state index contributed by atoms with van der Waals surface area (Å²) in [4.78, 5) is 19.7. The van der Waals surface area contributed by atoms with Crippen LogP contribution in [0, 0.1) is 10.1 Å². The maximum atomic E-state index is 10.3. The number of aromatic carboxylic acids is 1. The molecule has 1 heterocycles. The van der Waals surface area contributed by atoms with Crippen molar-refractivity contribution < 1.29 is 14.8 Å². The van der Waals surface area contributed by atoms with Gasteiger partial charge in [-0.05, 0) is 6.07 Å². The van der Waals surface area contributed by atoms with Crippen molar-refractivity contribution in [1.82, 2.24) is 0 Å². The van der Waals surface area contributed by atoms with Gasteiger partial charge in [0.2, 0.25) is 0 Å². The molecule has 12 heavy (non-hydrogen) atoms. The highest BCUT2D eigenvalue weighted by molar-refractivity contribution is 7.17. The number of carboxylic acid groups (broad SMARTS) is 1. The van der Waals surface area contributed by atoms with Gasteiger partial charge in [-0.25, -0.2) is 4.79 Å². The van der Waals surface area contributed by atoms with Gasteiger partial charge in [0.05, 0.1) is 4.92 Å². The van der Waals surface area contributed by atoms with E-state index in [0.29, 0.717) is 11.3 Å². The molecule has 0 fully saturated rings. The Bertz CT molecular complexity index is 347. The van der Waals surface area contributed by atoms with Crippen molar-refractivity contribution in [2.45, 2.75) is 0 Å². The van der Waals surface area contributed by atoms with Gasteiger partial charge in [-0.2, -0.15) is 0 Å². The Labute approximate surface area is 75.3 Å². The highest BCUT2D eigenvalue weighted by Crippen LogP contribution is 2.33. The molecule has 0 aliphatic heterocycles. The first-order valence-corrected chi connectivity index (χ1v) is 3.89. The Hall–Kier alpha value is -1.14. The van der Waals surface area contributed by atoms with Gasteiger partial charge in [-0.15, -0.1) is 0 Å². The number of nitro groups is 1. The van der Waals surface area contributed by atoms with E-state index in [2.05, 4.69) is 0 Å². The van der Waals surface area contributed by atoms with Crippen molar-refractivity contribution in [3.8, 4) is 0 Å². The number of nitrogens with zero attached hydrogens (tertiary/aromatic N) is 1. The molecule has 0 saturated heterocycles. The number of carboxylic acids is 1. The molecular weight excluding hydrogens is 206 g/mol. The molecule has 7 heteroatoms. The molecule has 5 nitrogen and oxygen atoms in total. The number of halogens is 1. The Kier molecular flexibility index (Phi) is 2.30. The summed E-state index contributed by atoms with van der Waals surface area (Å²) in [7, 11) is 0. The van der Waals surface area contributed by atoms with Crippen LogP contribution in [0.2, 0.25) is 5.02 Å². The second kappa shape index (κ2) is 3.08. The first-order valence-electron chi connectivity index (χ1n) is 2.69. The summed E-state index contributed by atoms with van der Waals surface area (Å²) in [5.41, 5.74) is 0. The fraction of sp³-hybridized carbons (Fsp3) is 0. The first-order chi connectivity index (χ1) is 5.52. The average molecular weight is 208 g/mol. The van der Waals surface area contributed by atoms with Crippen molar-refractivity contribution in [3.05, 3.63) is 26.1 Å². The average Bonchev–Trinajstić information content (AvgIpc) is 2.30. The van der Waals surface area contributed by atoms with E-state index < -0.39 is 10.9 Å². The molecular formula is C5H2ClNO4S. The first kappa shape index (κ1) is 8.95. The van der Waals surface area contributed by atoms with Crippen LogP contribution in [0.1, 0.15) is 9.67 Å². The smallest absolute Gasteiger partial charge is 0.346 e. The maximum absolute atomic E-state index is 10.3. The Balaban J connectivity index is 3.17. The van der Waals surface area contributed by atoms with E-state index in [1.807, 2.05) is 0 Å². The van der Waals surface area contributed by atoms with E-state index in [-0.39, 0.29) is 14.9 Å². The van der Waals surface area contributed by atoms with E-state index in [1.54, 1.807) is 0 Å². The third kappa shape index (κ3) is 1.54. The molecule has 1 N–H and O–H groups in total. The molecule has 0 amide bonds. The molecule has 1 aromatic rings. The molecule has 1 aromatic heterocycles. The number of hydrogen-bond donors (Lipinski definition) is 1. The standard InChI is InChI=1S/C5H2ClNO4S/c6-2-1-3(5(8)9)12-4(2)7(10)11/h1H,(H,8,9). The van der Waals surface area contributed by atoms with Gasteiger partial charge in [0, 0.05) is 0 Å². The predicted octanol–water partition coefficient (Wildman–Crippen LogP) is 2.01. The number of carbonyl (C=O) groups is 1. The monoisotopic (exact) mass is 207 g/mol. The van der Waals surface area contributed by atoms with Crippen molar-refractivity contribution in [3.63, 3.8) is 0 Å². The number of thiophene rings is 1. The largest absolute Gasteiger partial charge is 0.477 e. The van der Waals surface area contributed by atoms with Crippen molar-refractivity contribution >= 4 is 33.9 Å². The van der Waals surface area contributed by atoms with E-state index >= 15 is 0 Å². The Morgan fingerprint density at radius 1 is 1.75 bits per heavy atom. The zero-order valence-electron chi connectivity index (χ0n) is 5.48. The van der Waals surface area contributed by atoms with Crippen LogP contribution in [0.25, 0.3) is 0 Å². The summed E-state index contributed by atoms with van der Waals surface area (Å²) in [5, 5.41) is 18.2. The molecule has 0 atom stereocenters. The summed E-state index contributed by atoms with van der Waals surface area (Å²) in [6.45, 7) is 0. The normalized spacial score (nSPS) is 9.75. The quantitative estimate of drug-likeness (QED) is 0.594. The lowest BCUT2D eigenvalue weighted by Crippen LogP contribution is -1.89. The fourth-order valence-electron chi connectivity index (χ4n) is 0.589. The van der Waals surface area contributed by atoms with Gasteiger partial charge in [0.15, 0.2) is 0 Å². The van der Waals surface area contributed by atoms with Gasteiger partial charge in [-0.3, -0.25) is 10.1 Å². The second-order valence-corrected chi connectivity index (χ2v) is 3.26. The zero-order chi connectivity index (χ0) is 9.30. The highest BCUT2D eigenvalue weighted by Gasteiger charge is 2.20. The SMILES string of the molecule is O=C(O)c1cc(Cl)c([N+](=O)[O-])s1. The minimum atomic E-state index is -1.21. The zero-order valence-corrected chi connectivity index (χ0v) is 7.06. The summed E-state index contributed by atoms with van der Waals surface area (Å²) >= 11 is 5.93. The lowest BCUT2D eigenvalue weighted by atomic mass is 10.5. The molecule has 0 unspecified atom stereocenters. The molecule has 0 saturated carbocycles. The second-order valence-electron chi connectivity index (χ2n) is 1.83. The van der Waals surface area contributed by atoms with E-state index in [4.69, 9.17) is 16.7 Å². The molecule has 0 spiro atoms. The number of hydrogen-bond acceptors (Lipinski definition) is 4. The third-order valence-electron chi connectivity index (χ3n) is 1.05. The summed E-state index contributed by atoms with van der Waals surface area (Å²) in [6.07, 6.45) is 0. The van der Waals surface area contributed by atoms with Gasteiger partial charge >= 0.3 is 11.0 Å². The maximum Gasteiger partial charge on any atom is 0.346 e.